The summed E-state index contributed by atoms with van der Waals surface area (Å²) in [5.74, 6) is 0.995. The molecule has 0 saturated carbocycles. The molecule has 1 amide bonds. The van der Waals surface area contributed by atoms with E-state index in [2.05, 4.69) is 18.7 Å². The Bertz CT molecular complexity index is 1630. The van der Waals surface area contributed by atoms with Gasteiger partial charge in [-0.2, -0.15) is 4.31 Å². The summed E-state index contributed by atoms with van der Waals surface area (Å²) in [5.41, 5.74) is 3.21. The first-order chi connectivity index (χ1) is 20.3. The number of sulfonamides is 1. The van der Waals surface area contributed by atoms with Gasteiger partial charge in [0.15, 0.2) is 5.13 Å². The number of ether oxygens (including phenoxy) is 2. The van der Waals surface area contributed by atoms with Crippen LogP contribution < -0.4 is 14.4 Å². The maximum Gasteiger partial charge on any atom is 0.260 e. The third-order valence-corrected chi connectivity index (χ3v) is 10.7. The highest BCUT2D eigenvalue weighted by atomic mass is 32.2. The van der Waals surface area contributed by atoms with Crippen LogP contribution in [-0.4, -0.2) is 75.5 Å². The van der Waals surface area contributed by atoms with Gasteiger partial charge in [-0.1, -0.05) is 49.4 Å². The summed E-state index contributed by atoms with van der Waals surface area (Å²) in [7, 11) is -0.532. The van der Waals surface area contributed by atoms with E-state index in [1.807, 2.05) is 30.3 Å². The minimum Gasteiger partial charge on any atom is -0.495 e. The van der Waals surface area contributed by atoms with Gasteiger partial charge in [-0.05, 0) is 67.0 Å². The van der Waals surface area contributed by atoms with Crippen molar-refractivity contribution < 1.29 is 22.7 Å². The SMILES string of the molecule is CCN(CC)CCN(C(=O)c1ccc(S(=O)(=O)N2CCc3ccccc3C2)cc1)c1nc2c(OC)ccc(OC)c2s1. The molecule has 11 heteroatoms. The van der Waals surface area contributed by atoms with E-state index in [-0.39, 0.29) is 10.8 Å². The van der Waals surface area contributed by atoms with Gasteiger partial charge in [0.25, 0.3) is 5.91 Å². The minimum atomic E-state index is -3.72. The number of carbonyl (C=O) groups excluding carboxylic acids is 1. The molecule has 0 aliphatic carbocycles. The smallest absolute Gasteiger partial charge is 0.260 e. The van der Waals surface area contributed by atoms with Crippen LogP contribution in [0.3, 0.4) is 0 Å². The number of anilines is 1. The van der Waals surface area contributed by atoms with Gasteiger partial charge in [0.05, 0.1) is 19.1 Å². The van der Waals surface area contributed by atoms with Crippen molar-refractivity contribution in [2.75, 3.05) is 51.8 Å². The predicted octanol–water partition coefficient (Wildman–Crippen LogP) is 5.05. The Hall–Kier alpha value is -3.51. The highest BCUT2D eigenvalue weighted by Crippen LogP contribution is 2.40. The first kappa shape index (κ1) is 30.0. The lowest BCUT2D eigenvalue weighted by Gasteiger charge is -2.28. The van der Waals surface area contributed by atoms with Crippen molar-refractivity contribution in [3.8, 4) is 11.5 Å². The lowest BCUT2D eigenvalue weighted by Crippen LogP contribution is -2.39. The van der Waals surface area contributed by atoms with Gasteiger partial charge in [0, 0.05) is 31.7 Å². The van der Waals surface area contributed by atoms with E-state index in [1.54, 1.807) is 37.3 Å². The quantitative estimate of drug-likeness (QED) is 0.235. The molecule has 0 atom stereocenters. The van der Waals surface area contributed by atoms with Crippen LogP contribution in [0.15, 0.2) is 65.6 Å². The zero-order valence-electron chi connectivity index (χ0n) is 24.4. The summed E-state index contributed by atoms with van der Waals surface area (Å²) in [6.07, 6.45) is 0.672. The molecule has 0 bridgehead atoms. The highest BCUT2D eigenvalue weighted by molar-refractivity contribution is 7.89. The van der Waals surface area contributed by atoms with Crippen molar-refractivity contribution in [1.29, 1.82) is 0 Å². The molecule has 1 aromatic heterocycles. The summed E-state index contributed by atoms with van der Waals surface area (Å²) in [5, 5.41) is 0.522. The molecule has 0 N–H and O–H groups in total. The fourth-order valence-electron chi connectivity index (χ4n) is 5.20. The molecule has 0 fully saturated rings. The Balaban J connectivity index is 1.44. The molecular weight excluding hydrogens is 572 g/mol. The molecule has 0 radical (unpaired) electrons. The number of fused-ring (bicyclic) bond motifs is 2. The summed E-state index contributed by atoms with van der Waals surface area (Å²) in [6.45, 7) is 7.71. The second kappa shape index (κ2) is 12.8. The van der Waals surface area contributed by atoms with Crippen LogP contribution >= 0.6 is 11.3 Å². The van der Waals surface area contributed by atoms with Crippen LogP contribution in [0.2, 0.25) is 0 Å². The van der Waals surface area contributed by atoms with Gasteiger partial charge in [-0.25, -0.2) is 13.4 Å². The van der Waals surface area contributed by atoms with E-state index in [1.165, 1.54) is 33.3 Å². The minimum absolute atomic E-state index is 0.169. The number of carbonyl (C=O) groups is 1. The van der Waals surface area contributed by atoms with E-state index in [4.69, 9.17) is 14.5 Å². The second-order valence-corrected chi connectivity index (χ2v) is 12.9. The van der Waals surface area contributed by atoms with Crippen LogP contribution in [0.5, 0.6) is 11.5 Å². The van der Waals surface area contributed by atoms with E-state index in [0.29, 0.717) is 60.3 Å². The zero-order chi connectivity index (χ0) is 29.9. The van der Waals surface area contributed by atoms with Crippen molar-refractivity contribution >= 4 is 42.6 Å². The number of aromatic nitrogens is 1. The Kier molecular flexibility index (Phi) is 9.12. The molecule has 4 aromatic rings. The standard InChI is InChI=1S/C31H36N4O5S2/c1-5-33(6-2)19-20-35(31-32-28-26(39-3)15-16-27(40-4)29(28)41-31)30(36)23-11-13-25(14-12-23)42(37,38)34-18-17-22-9-7-8-10-24(22)21-34/h7-16H,5-6,17-21H2,1-4H3. The van der Waals surface area contributed by atoms with Gasteiger partial charge in [0.2, 0.25) is 10.0 Å². The first-order valence-electron chi connectivity index (χ1n) is 14.0. The molecule has 9 nitrogen and oxygen atoms in total. The van der Waals surface area contributed by atoms with Gasteiger partial charge >= 0.3 is 0 Å². The van der Waals surface area contributed by atoms with Crippen LogP contribution in [0.1, 0.15) is 35.3 Å². The van der Waals surface area contributed by atoms with Gasteiger partial charge in [-0.3, -0.25) is 9.69 Å². The van der Waals surface area contributed by atoms with E-state index in [0.717, 1.165) is 23.4 Å². The Labute approximate surface area is 251 Å². The molecule has 5 rings (SSSR count). The molecule has 1 aliphatic rings. The van der Waals surface area contributed by atoms with Gasteiger partial charge in [0.1, 0.15) is 21.7 Å². The third kappa shape index (κ3) is 5.87. The monoisotopic (exact) mass is 608 g/mol. The maximum atomic E-state index is 14.0. The Morgan fingerprint density at radius 1 is 0.929 bits per heavy atom. The molecule has 3 aromatic carbocycles. The maximum absolute atomic E-state index is 14.0. The van der Waals surface area contributed by atoms with Crippen LogP contribution in [0.4, 0.5) is 5.13 Å². The van der Waals surface area contributed by atoms with Gasteiger partial charge in [-0.15, -0.1) is 0 Å². The number of benzene rings is 3. The van der Waals surface area contributed by atoms with Crippen LogP contribution in [0.25, 0.3) is 10.2 Å². The normalized spacial score (nSPS) is 13.7. The number of likely N-dealkylation sites (N-methyl/N-ethyl adjacent to an activating group) is 1. The Morgan fingerprint density at radius 2 is 1.60 bits per heavy atom. The number of rotatable bonds is 11. The number of amides is 1. The van der Waals surface area contributed by atoms with E-state index >= 15 is 0 Å². The summed E-state index contributed by atoms with van der Waals surface area (Å²) < 4.78 is 40.4. The number of methoxy groups -OCH3 is 2. The summed E-state index contributed by atoms with van der Waals surface area (Å²) >= 11 is 1.36. The molecule has 1 aliphatic heterocycles. The van der Waals surface area contributed by atoms with Crippen molar-refractivity contribution in [1.82, 2.24) is 14.2 Å². The number of thiazole rings is 1. The molecule has 222 valence electrons. The van der Waals surface area contributed by atoms with Crippen LogP contribution in [-0.2, 0) is 23.0 Å². The molecule has 0 unspecified atom stereocenters. The number of hydrogen-bond acceptors (Lipinski definition) is 8. The molecule has 0 saturated heterocycles. The predicted molar refractivity (Wildman–Crippen MR) is 166 cm³/mol. The topological polar surface area (TPSA) is 92.3 Å². The van der Waals surface area contributed by atoms with Crippen LogP contribution in [0, 0.1) is 0 Å². The second-order valence-electron chi connectivity index (χ2n) is 10.0. The van der Waals surface area contributed by atoms with Gasteiger partial charge < -0.3 is 14.4 Å². The highest BCUT2D eigenvalue weighted by Gasteiger charge is 2.29. The lowest BCUT2D eigenvalue weighted by atomic mass is 10.0. The molecule has 2 heterocycles. The molecule has 42 heavy (non-hydrogen) atoms. The first-order valence-corrected chi connectivity index (χ1v) is 16.3. The summed E-state index contributed by atoms with van der Waals surface area (Å²) in [4.78, 5) is 22.8. The van der Waals surface area contributed by atoms with E-state index < -0.39 is 10.0 Å². The number of nitrogens with zero attached hydrogens (tertiary/aromatic N) is 4. The zero-order valence-corrected chi connectivity index (χ0v) is 26.0. The largest absolute Gasteiger partial charge is 0.495 e. The third-order valence-electron chi connectivity index (χ3n) is 7.74. The average molecular weight is 609 g/mol. The molecular formula is C31H36N4O5S2. The Morgan fingerprint density at radius 3 is 2.26 bits per heavy atom. The summed E-state index contributed by atoms with van der Waals surface area (Å²) in [6, 6.07) is 17.8. The number of hydrogen-bond donors (Lipinski definition) is 0. The van der Waals surface area contributed by atoms with Crippen molar-refractivity contribution in [3.05, 3.63) is 77.4 Å². The van der Waals surface area contributed by atoms with Crippen molar-refractivity contribution in [2.45, 2.75) is 31.7 Å². The molecule has 0 spiro atoms. The fraction of sp³-hybridized carbons (Fsp3) is 0.355. The van der Waals surface area contributed by atoms with Crippen molar-refractivity contribution in [3.63, 3.8) is 0 Å². The van der Waals surface area contributed by atoms with Crippen molar-refractivity contribution in [2.24, 2.45) is 0 Å². The average Bonchev–Trinajstić information content (AvgIpc) is 3.47. The lowest BCUT2D eigenvalue weighted by molar-refractivity contribution is 0.0983. The van der Waals surface area contributed by atoms with E-state index in [9.17, 15) is 13.2 Å². The fourth-order valence-corrected chi connectivity index (χ4v) is 7.72.